The van der Waals surface area contributed by atoms with Gasteiger partial charge < -0.3 is 14.2 Å². The van der Waals surface area contributed by atoms with Crippen LogP contribution in [-0.4, -0.2) is 38.9 Å². The number of hydrogen-bond acceptors (Lipinski definition) is 5. The third-order valence-corrected chi connectivity index (χ3v) is 3.07. The van der Waals surface area contributed by atoms with Crippen molar-refractivity contribution < 1.29 is 23.8 Å². The van der Waals surface area contributed by atoms with Crippen molar-refractivity contribution in [3.05, 3.63) is 0 Å². The Balaban J connectivity index is 3.32. The second-order valence-corrected chi connectivity index (χ2v) is 5.06. The molecule has 0 aromatic carbocycles. The highest BCUT2D eigenvalue weighted by atomic mass is 16.6. The summed E-state index contributed by atoms with van der Waals surface area (Å²) in [6.07, 6.45) is 8.01. The maximum absolute atomic E-state index is 11.4. The SMILES string of the molecule is CCCCCCCCOC(=O)CCCC(=O)OCCOC. The van der Waals surface area contributed by atoms with Gasteiger partial charge in [0.25, 0.3) is 0 Å². The van der Waals surface area contributed by atoms with Crippen molar-refractivity contribution in [2.75, 3.05) is 26.9 Å². The van der Waals surface area contributed by atoms with Gasteiger partial charge in [-0.15, -0.1) is 0 Å². The van der Waals surface area contributed by atoms with E-state index in [1.807, 2.05) is 0 Å². The number of rotatable bonds is 14. The van der Waals surface area contributed by atoms with Crippen LogP contribution in [-0.2, 0) is 23.8 Å². The van der Waals surface area contributed by atoms with Gasteiger partial charge in [-0.1, -0.05) is 39.0 Å². The Labute approximate surface area is 128 Å². The summed E-state index contributed by atoms with van der Waals surface area (Å²) in [6.45, 7) is 3.34. The van der Waals surface area contributed by atoms with Gasteiger partial charge in [0.05, 0.1) is 13.2 Å². The molecule has 5 heteroatoms. The molecule has 0 aromatic rings. The largest absolute Gasteiger partial charge is 0.466 e. The molecule has 0 bridgehead atoms. The van der Waals surface area contributed by atoms with Crippen molar-refractivity contribution in [3.8, 4) is 0 Å². The number of ether oxygens (including phenoxy) is 3. The Morgan fingerprint density at radius 1 is 0.714 bits per heavy atom. The van der Waals surface area contributed by atoms with Gasteiger partial charge in [-0.2, -0.15) is 0 Å². The minimum Gasteiger partial charge on any atom is -0.466 e. The normalized spacial score (nSPS) is 10.4. The van der Waals surface area contributed by atoms with Gasteiger partial charge in [-0.25, -0.2) is 0 Å². The van der Waals surface area contributed by atoms with E-state index in [1.165, 1.54) is 25.7 Å². The van der Waals surface area contributed by atoms with Crippen LogP contribution in [0.25, 0.3) is 0 Å². The lowest BCUT2D eigenvalue weighted by Crippen LogP contribution is -2.11. The smallest absolute Gasteiger partial charge is 0.305 e. The van der Waals surface area contributed by atoms with Crippen molar-refractivity contribution in [2.45, 2.75) is 64.7 Å². The summed E-state index contributed by atoms with van der Waals surface area (Å²) in [7, 11) is 1.55. The summed E-state index contributed by atoms with van der Waals surface area (Å²) in [4.78, 5) is 22.7. The van der Waals surface area contributed by atoms with Crippen molar-refractivity contribution in [2.24, 2.45) is 0 Å². The van der Waals surface area contributed by atoms with Crippen molar-refractivity contribution in [1.29, 1.82) is 0 Å². The molecule has 0 atom stereocenters. The Morgan fingerprint density at radius 2 is 1.29 bits per heavy atom. The zero-order valence-electron chi connectivity index (χ0n) is 13.5. The van der Waals surface area contributed by atoms with Gasteiger partial charge in [0.2, 0.25) is 0 Å². The lowest BCUT2D eigenvalue weighted by molar-refractivity contribution is -0.146. The zero-order valence-corrected chi connectivity index (χ0v) is 13.5. The van der Waals surface area contributed by atoms with Crippen LogP contribution in [0.1, 0.15) is 64.7 Å². The molecule has 5 nitrogen and oxygen atoms in total. The van der Waals surface area contributed by atoms with Gasteiger partial charge in [0, 0.05) is 20.0 Å². The van der Waals surface area contributed by atoms with E-state index in [2.05, 4.69) is 6.92 Å². The fourth-order valence-electron chi connectivity index (χ4n) is 1.83. The molecule has 0 unspecified atom stereocenters. The van der Waals surface area contributed by atoms with Crippen LogP contribution in [0, 0.1) is 0 Å². The minimum absolute atomic E-state index is 0.228. The molecule has 0 aromatic heterocycles. The number of hydrogen-bond donors (Lipinski definition) is 0. The Kier molecular flexibility index (Phi) is 14.5. The molecule has 0 heterocycles. The molecule has 0 fully saturated rings. The van der Waals surface area contributed by atoms with Crippen LogP contribution >= 0.6 is 0 Å². The minimum atomic E-state index is -0.296. The van der Waals surface area contributed by atoms with E-state index >= 15 is 0 Å². The fraction of sp³-hybridized carbons (Fsp3) is 0.875. The monoisotopic (exact) mass is 302 g/mol. The third-order valence-electron chi connectivity index (χ3n) is 3.07. The van der Waals surface area contributed by atoms with Crippen molar-refractivity contribution in [3.63, 3.8) is 0 Å². The van der Waals surface area contributed by atoms with Crippen molar-refractivity contribution >= 4 is 11.9 Å². The van der Waals surface area contributed by atoms with E-state index in [9.17, 15) is 9.59 Å². The molecule has 0 saturated carbocycles. The first kappa shape index (κ1) is 19.9. The average Bonchev–Trinajstić information content (AvgIpc) is 2.46. The summed E-state index contributed by atoms with van der Waals surface area (Å²) in [5, 5.41) is 0. The molecule has 21 heavy (non-hydrogen) atoms. The standard InChI is InChI=1S/C16H30O5/c1-3-4-5-6-7-8-12-20-15(17)10-9-11-16(18)21-14-13-19-2/h3-14H2,1-2H3. The van der Waals surface area contributed by atoms with E-state index < -0.39 is 0 Å². The molecular formula is C16H30O5. The molecule has 124 valence electrons. The maximum atomic E-state index is 11.4. The topological polar surface area (TPSA) is 61.8 Å². The molecule has 0 amide bonds. The van der Waals surface area contributed by atoms with Crippen LogP contribution in [0.3, 0.4) is 0 Å². The van der Waals surface area contributed by atoms with Gasteiger partial charge in [0.15, 0.2) is 0 Å². The first-order chi connectivity index (χ1) is 10.2. The molecule has 0 spiro atoms. The van der Waals surface area contributed by atoms with Gasteiger partial charge in [-0.05, 0) is 12.8 Å². The number of unbranched alkanes of at least 4 members (excludes halogenated alkanes) is 5. The van der Waals surface area contributed by atoms with E-state index in [4.69, 9.17) is 14.2 Å². The Morgan fingerprint density at radius 3 is 1.90 bits per heavy atom. The summed E-state index contributed by atoms with van der Waals surface area (Å²) >= 11 is 0. The van der Waals surface area contributed by atoms with Gasteiger partial charge in [-0.3, -0.25) is 9.59 Å². The van der Waals surface area contributed by atoms with Crippen LogP contribution in [0.4, 0.5) is 0 Å². The third kappa shape index (κ3) is 15.1. The zero-order chi connectivity index (χ0) is 15.8. The molecule has 0 aliphatic heterocycles. The molecule has 0 radical (unpaired) electrons. The maximum Gasteiger partial charge on any atom is 0.305 e. The lowest BCUT2D eigenvalue weighted by atomic mass is 10.1. The van der Waals surface area contributed by atoms with Gasteiger partial charge in [0.1, 0.15) is 6.61 Å². The highest BCUT2D eigenvalue weighted by Crippen LogP contribution is 2.06. The quantitative estimate of drug-likeness (QED) is 0.364. The van der Waals surface area contributed by atoms with E-state index in [1.54, 1.807) is 7.11 Å². The lowest BCUT2D eigenvalue weighted by Gasteiger charge is -2.05. The van der Waals surface area contributed by atoms with E-state index in [-0.39, 0.29) is 31.4 Å². The second-order valence-electron chi connectivity index (χ2n) is 5.06. The number of carbonyl (C=O) groups is 2. The first-order valence-electron chi connectivity index (χ1n) is 8.00. The predicted octanol–water partition coefficient (Wildman–Crippen LogP) is 3.25. The number of carbonyl (C=O) groups excluding carboxylic acids is 2. The first-order valence-corrected chi connectivity index (χ1v) is 8.00. The van der Waals surface area contributed by atoms with E-state index in [0.29, 0.717) is 19.6 Å². The summed E-state index contributed by atoms with van der Waals surface area (Å²) in [6, 6.07) is 0. The summed E-state index contributed by atoms with van der Waals surface area (Å²) in [5.41, 5.74) is 0. The highest BCUT2D eigenvalue weighted by molar-refractivity contribution is 5.72. The molecular weight excluding hydrogens is 272 g/mol. The highest BCUT2D eigenvalue weighted by Gasteiger charge is 2.07. The molecule has 0 aliphatic rings. The van der Waals surface area contributed by atoms with Gasteiger partial charge >= 0.3 is 11.9 Å². The number of methoxy groups -OCH3 is 1. The fourth-order valence-corrected chi connectivity index (χ4v) is 1.83. The number of esters is 2. The summed E-state index contributed by atoms with van der Waals surface area (Å²) < 4.78 is 14.8. The second kappa shape index (κ2) is 15.3. The van der Waals surface area contributed by atoms with Crippen LogP contribution in [0.2, 0.25) is 0 Å². The molecule has 0 rings (SSSR count). The van der Waals surface area contributed by atoms with Crippen LogP contribution < -0.4 is 0 Å². The average molecular weight is 302 g/mol. The molecule has 0 aliphatic carbocycles. The summed E-state index contributed by atoms with van der Waals surface area (Å²) in [5.74, 6) is -0.524. The Bertz CT molecular complexity index is 265. The Hall–Kier alpha value is -1.10. The van der Waals surface area contributed by atoms with E-state index in [0.717, 1.165) is 12.8 Å². The molecule has 0 saturated heterocycles. The van der Waals surface area contributed by atoms with Crippen LogP contribution in [0.5, 0.6) is 0 Å². The molecule has 0 N–H and O–H groups in total. The predicted molar refractivity (Wildman–Crippen MR) is 81.0 cm³/mol. The van der Waals surface area contributed by atoms with Crippen molar-refractivity contribution in [1.82, 2.24) is 0 Å². The van der Waals surface area contributed by atoms with Crippen LogP contribution in [0.15, 0.2) is 0 Å².